The van der Waals surface area contributed by atoms with Gasteiger partial charge in [0.2, 0.25) is 0 Å². The van der Waals surface area contributed by atoms with Gasteiger partial charge in [-0.05, 0) is 25.2 Å². The zero-order valence-corrected chi connectivity index (χ0v) is 8.62. The molecule has 3 nitrogen and oxygen atoms in total. The number of ketones is 1. The van der Waals surface area contributed by atoms with Crippen LogP contribution < -0.4 is 0 Å². The van der Waals surface area contributed by atoms with Gasteiger partial charge in [0, 0.05) is 11.3 Å². The van der Waals surface area contributed by atoms with E-state index in [-0.39, 0.29) is 29.0 Å². The highest BCUT2D eigenvalue weighted by atomic mass is 16.4. The van der Waals surface area contributed by atoms with Gasteiger partial charge in [0.25, 0.3) is 0 Å². The summed E-state index contributed by atoms with van der Waals surface area (Å²) in [6.45, 7) is 3.82. The van der Waals surface area contributed by atoms with Gasteiger partial charge in [-0.15, -0.1) is 0 Å². The molecule has 4 unspecified atom stereocenters. The van der Waals surface area contributed by atoms with E-state index in [9.17, 15) is 9.59 Å². The zero-order chi connectivity index (χ0) is 10.5. The van der Waals surface area contributed by atoms with Crippen LogP contribution in [-0.4, -0.2) is 16.9 Å². The second-order valence-corrected chi connectivity index (χ2v) is 5.06. The van der Waals surface area contributed by atoms with Gasteiger partial charge < -0.3 is 5.11 Å². The average molecular weight is 196 g/mol. The van der Waals surface area contributed by atoms with Gasteiger partial charge in [-0.1, -0.05) is 13.8 Å². The molecule has 14 heavy (non-hydrogen) atoms. The standard InChI is InChI=1S/C11H16O3/c1-6-7-3-4-11(2,9(6)12)5-8(7)10(13)14/h6-8H,3-5H2,1-2H3,(H,13,14). The SMILES string of the molecule is CC1C(=O)C2(C)CCC1C(C(=O)O)C2. The number of carboxylic acids is 1. The molecule has 0 heterocycles. The van der Waals surface area contributed by atoms with E-state index in [4.69, 9.17) is 5.11 Å². The Morgan fingerprint density at radius 1 is 1.57 bits per heavy atom. The second-order valence-electron chi connectivity index (χ2n) is 5.06. The van der Waals surface area contributed by atoms with E-state index in [1.165, 1.54) is 0 Å². The molecule has 0 radical (unpaired) electrons. The van der Waals surface area contributed by atoms with Crippen LogP contribution in [0.25, 0.3) is 0 Å². The molecule has 2 bridgehead atoms. The van der Waals surface area contributed by atoms with Gasteiger partial charge in [-0.25, -0.2) is 0 Å². The van der Waals surface area contributed by atoms with Crippen LogP contribution in [0.1, 0.15) is 33.1 Å². The van der Waals surface area contributed by atoms with Crippen molar-refractivity contribution < 1.29 is 14.7 Å². The number of carbonyl (C=O) groups is 2. The highest BCUT2D eigenvalue weighted by Gasteiger charge is 2.54. The summed E-state index contributed by atoms with van der Waals surface area (Å²) in [5, 5.41) is 9.07. The molecule has 78 valence electrons. The minimum absolute atomic E-state index is 0.0522. The molecule has 1 N–H and O–H groups in total. The van der Waals surface area contributed by atoms with E-state index in [1.807, 2.05) is 13.8 Å². The lowest BCUT2D eigenvalue weighted by atomic mass is 9.53. The summed E-state index contributed by atoms with van der Waals surface area (Å²) in [6.07, 6.45) is 2.33. The number of hydrogen-bond acceptors (Lipinski definition) is 2. The Kier molecular flexibility index (Phi) is 1.95. The summed E-state index contributed by atoms with van der Waals surface area (Å²) >= 11 is 0. The number of Topliss-reactive ketones (excluding diaryl/α,β-unsaturated/α-hetero) is 1. The van der Waals surface area contributed by atoms with Crippen molar-refractivity contribution in [3.63, 3.8) is 0 Å². The van der Waals surface area contributed by atoms with Gasteiger partial charge in [0.05, 0.1) is 5.92 Å². The molecule has 0 spiro atoms. The average Bonchev–Trinajstić information content (AvgIpc) is 2.13. The van der Waals surface area contributed by atoms with Crippen LogP contribution in [-0.2, 0) is 9.59 Å². The fraction of sp³-hybridized carbons (Fsp3) is 0.818. The number of rotatable bonds is 1. The van der Waals surface area contributed by atoms with E-state index in [0.29, 0.717) is 6.42 Å². The van der Waals surface area contributed by atoms with E-state index in [0.717, 1.165) is 12.8 Å². The van der Waals surface area contributed by atoms with Crippen molar-refractivity contribution in [2.45, 2.75) is 33.1 Å². The predicted octanol–water partition coefficient (Wildman–Crippen LogP) is 1.71. The molecule has 0 aromatic heterocycles. The summed E-state index contributed by atoms with van der Waals surface area (Å²) in [4.78, 5) is 22.9. The fourth-order valence-corrected chi connectivity index (χ4v) is 3.26. The summed E-state index contributed by atoms with van der Waals surface area (Å²) in [7, 11) is 0. The molecular weight excluding hydrogens is 180 g/mol. The third kappa shape index (κ3) is 1.11. The Morgan fingerprint density at radius 3 is 2.71 bits per heavy atom. The lowest BCUT2D eigenvalue weighted by Gasteiger charge is -2.49. The van der Waals surface area contributed by atoms with Crippen molar-refractivity contribution in [3.05, 3.63) is 0 Å². The maximum atomic E-state index is 11.9. The van der Waals surface area contributed by atoms with E-state index < -0.39 is 5.97 Å². The van der Waals surface area contributed by atoms with Crippen LogP contribution in [0, 0.1) is 23.2 Å². The lowest BCUT2D eigenvalue weighted by molar-refractivity contribution is -0.160. The molecule has 3 rings (SSSR count). The molecule has 3 saturated carbocycles. The summed E-state index contributed by atoms with van der Waals surface area (Å²) in [5.74, 6) is -0.696. The number of aliphatic carboxylic acids is 1. The Labute approximate surface area is 83.5 Å². The normalized spacial score (nSPS) is 46.7. The van der Waals surface area contributed by atoms with Crippen molar-refractivity contribution in [2.24, 2.45) is 23.2 Å². The molecule has 3 fully saturated rings. The van der Waals surface area contributed by atoms with Crippen molar-refractivity contribution >= 4 is 11.8 Å². The summed E-state index contributed by atoms with van der Waals surface area (Å²) in [6, 6.07) is 0. The van der Waals surface area contributed by atoms with Crippen LogP contribution in [0.3, 0.4) is 0 Å². The number of hydrogen-bond donors (Lipinski definition) is 1. The van der Waals surface area contributed by atoms with Gasteiger partial charge in [-0.2, -0.15) is 0 Å². The van der Waals surface area contributed by atoms with Gasteiger partial charge in [0.1, 0.15) is 5.78 Å². The third-order valence-electron chi connectivity index (χ3n) is 4.18. The van der Waals surface area contributed by atoms with Crippen LogP contribution in [0.4, 0.5) is 0 Å². The van der Waals surface area contributed by atoms with Crippen LogP contribution in [0.5, 0.6) is 0 Å². The number of carboxylic acid groups (broad SMARTS) is 1. The molecule has 0 aromatic carbocycles. The Morgan fingerprint density at radius 2 is 2.21 bits per heavy atom. The molecule has 0 aromatic rings. The Bertz CT molecular complexity index is 297. The van der Waals surface area contributed by atoms with Crippen LogP contribution in [0.2, 0.25) is 0 Å². The first-order valence-corrected chi connectivity index (χ1v) is 5.23. The van der Waals surface area contributed by atoms with E-state index in [2.05, 4.69) is 0 Å². The van der Waals surface area contributed by atoms with Crippen molar-refractivity contribution in [2.75, 3.05) is 0 Å². The predicted molar refractivity (Wildman–Crippen MR) is 50.7 cm³/mol. The van der Waals surface area contributed by atoms with Gasteiger partial charge in [-0.3, -0.25) is 9.59 Å². The van der Waals surface area contributed by atoms with Gasteiger partial charge in [0.15, 0.2) is 0 Å². The minimum Gasteiger partial charge on any atom is -0.481 e. The lowest BCUT2D eigenvalue weighted by Crippen LogP contribution is -2.52. The molecule has 0 amide bonds. The highest BCUT2D eigenvalue weighted by Crippen LogP contribution is 2.53. The first-order chi connectivity index (χ1) is 6.46. The third-order valence-corrected chi connectivity index (χ3v) is 4.18. The van der Waals surface area contributed by atoms with Crippen molar-refractivity contribution in [1.82, 2.24) is 0 Å². The van der Waals surface area contributed by atoms with Crippen LogP contribution in [0.15, 0.2) is 0 Å². The molecule has 0 saturated heterocycles. The largest absolute Gasteiger partial charge is 0.481 e. The van der Waals surface area contributed by atoms with E-state index >= 15 is 0 Å². The van der Waals surface area contributed by atoms with E-state index in [1.54, 1.807) is 0 Å². The van der Waals surface area contributed by atoms with Crippen molar-refractivity contribution in [3.8, 4) is 0 Å². The summed E-state index contributed by atoms with van der Waals surface area (Å²) in [5.41, 5.74) is -0.350. The first kappa shape index (κ1) is 9.69. The molecular formula is C11H16O3. The van der Waals surface area contributed by atoms with Gasteiger partial charge >= 0.3 is 5.97 Å². The minimum atomic E-state index is -0.722. The highest BCUT2D eigenvalue weighted by molar-refractivity contribution is 5.90. The number of carbonyl (C=O) groups excluding carboxylic acids is 1. The van der Waals surface area contributed by atoms with Crippen LogP contribution >= 0.6 is 0 Å². The first-order valence-electron chi connectivity index (χ1n) is 5.23. The topological polar surface area (TPSA) is 54.4 Å². The maximum Gasteiger partial charge on any atom is 0.306 e. The molecule has 0 aliphatic heterocycles. The monoisotopic (exact) mass is 196 g/mol. The quantitative estimate of drug-likeness (QED) is 0.694. The number of fused-ring (bicyclic) bond motifs is 3. The summed E-state index contributed by atoms with van der Waals surface area (Å²) < 4.78 is 0. The molecule has 3 heteroatoms. The second kappa shape index (κ2) is 2.81. The Balaban J connectivity index is 2.33. The smallest absolute Gasteiger partial charge is 0.306 e. The van der Waals surface area contributed by atoms with Crippen molar-refractivity contribution in [1.29, 1.82) is 0 Å². The zero-order valence-electron chi connectivity index (χ0n) is 8.62. The Hall–Kier alpha value is -0.860. The maximum absolute atomic E-state index is 11.9. The fourth-order valence-electron chi connectivity index (χ4n) is 3.26. The molecule has 3 aliphatic carbocycles. The molecule has 4 atom stereocenters. The molecule has 3 aliphatic rings.